The van der Waals surface area contributed by atoms with Gasteiger partial charge >= 0.3 is 6.03 Å². The second kappa shape index (κ2) is 5.20. The van der Waals surface area contributed by atoms with E-state index in [2.05, 4.69) is 11.1 Å². The van der Waals surface area contributed by atoms with Crippen molar-refractivity contribution in [2.24, 2.45) is 0 Å². The second-order valence-corrected chi connectivity index (χ2v) is 7.45. The number of benzene rings is 1. The number of rotatable bonds is 2. The third kappa shape index (κ3) is 1.88. The normalized spacial score (nSPS) is 22.6. The van der Waals surface area contributed by atoms with E-state index in [1.165, 1.54) is 4.90 Å². The lowest BCUT2D eigenvalue weighted by atomic mass is 9.91. The van der Waals surface area contributed by atoms with Gasteiger partial charge in [-0.25, -0.2) is 4.79 Å². The first-order valence-electron chi connectivity index (χ1n) is 8.47. The first-order chi connectivity index (χ1) is 12.2. The van der Waals surface area contributed by atoms with E-state index in [0.717, 1.165) is 27.0 Å². The smallest absolute Gasteiger partial charge is 0.328 e. The number of hydrogen-bond donors (Lipinski definition) is 1. The van der Waals surface area contributed by atoms with Crippen molar-refractivity contribution in [3.8, 4) is 0 Å². The van der Waals surface area contributed by atoms with Crippen molar-refractivity contribution in [3.63, 3.8) is 0 Å². The number of aromatic nitrogens is 1. The van der Waals surface area contributed by atoms with Crippen LogP contribution in [0.5, 0.6) is 0 Å². The van der Waals surface area contributed by atoms with Crippen LogP contribution in [-0.2, 0) is 11.2 Å². The van der Waals surface area contributed by atoms with Crippen LogP contribution in [0, 0.1) is 0 Å². The molecule has 2 aliphatic heterocycles. The lowest BCUT2D eigenvalue weighted by Crippen LogP contribution is -2.43. The van der Waals surface area contributed by atoms with Crippen molar-refractivity contribution in [2.75, 3.05) is 6.54 Å². The fourth-order valence-electron chi connectivity index (χ4n) is 4.17. The molecular formula is C19H17N3O2S. The monoisotopic (exact) mass is 351 g/mol. The Bertz CT molecular complexity index is 991. The summed E-state index contributed by atoms with van der Waals surface area (Å²) in [6, 6.07) is 11.4. The van der Waals surface area contributed by atoms with Gasteiger partial charge in [0.1, 0.15) is 12.1 Å². The van der Waals surface area contributed by atoms with Gasteiger partial charge in [-0.2, -0.15) is 0 Å². The van der Waals surface area contributed by atoms with Crippen molar-refractivity contribution < 1.29 is 9.59 Å². The van der Waals surface area contributed by atoms with Crippen LogP contribution in [0.1, 0.15) is 29.1 Å². The molecule has 0 bridgehead atoms. The summed E-state index contributed by atoms with van der Waals surface area (Å²) in [5, 5.41) is 3.16. The molecule has 2 aromatic heterocycles. The summed E-state index contributed by atoms with van der Waals surface area (Å²) in [7, 11) is 0. The van der Waals surface area contributed by atoms with Crippen molar-refractivity contribution in [1.82, 2.24) is 14.8 Å². The molecule has 4 heterocycles. The number of fused-ring (bicyclic) bond motifs is 4. The van der Waals surface area contributed by atoms with Gasteiger partial charge in [0.2, 0.25) is 0 Å². The molecule has 3 aromatic rings. The number of urea groups is 1. The minimum Gasteiger partial charge on any atom is -0.356 e. The zero-order chi connectivity index (χ0) is 17.1. The third-order valence-corrected chi connectivity index (χ3v) is 6.19. The lowest BCUT2D eigenvalue weighted by Gasteiger charge is -2.35. The number of nitrogens with zero attached hydrogens (tertiary/aromatic N) is 2. The topological polar surface area (TPSA) is 56.4 Å². The van der Waals surface area contributed by atoms with Crippen LogP contribution in [-0.4, -0.2) is 39.3 Å². The van der Waals surface area contributed by atoms with Crippen molar-refractivity contribution in [2.45, 2.75) is 25.4 Å². The van der Waals surface area contributed by atoms with Crippen LogP contribution in [0.3, 0.4) is 0 Å². The predicted octanol–water partition coefficient (Wildman–Crippen LogP) is 3.53. The summed E-state index contributed by atoms with van der Waals surface area (Å²) in [5.74, 6) is -0.0787. The number of H-pyrrole nitrogens is 1. The quantitative estimate of drug-likeness (QED) is 0.718. The Morgan fingerprint density at radius 2 is 2.04 bits per heavy atom. The minimum absolute atomic E-state index is 0.0787. The molecule has 2 atom stereocenters. The van der Waals surface area contributed by atoms with Crippen LogP contribution in [0.25, 0.3) is 10.9 Å². The van der Waals surface area contributed by atoms with Crippen molar-refractivity contribution in [1.29, 1.82) is 0 Å². The molecule has 1 saturated heterocycles. The summed E-state index contributed by atoms with van der Waals surface area (Å²) in [6.45, 7) is 2.26. The molecule has 5 nitrogen and oxygen atoms in total. The minimum atomic E-state index is -0.411. The fraction of sp³-hybridized carbons (Fsp3) is 0.263. The lowest BCUT2D eigenvalue weighted by molar-refractivity contribution is -0.128. The van der Waals surface area contributed by atoms with Crippen LogP contribution in [0.4, 0.5) is 4.79 Å². The molecule has 0 aliphatic carbocycles. The van der Waals surface area contributed by atoms with Crippen LogP contribution in [0.2, 0.25) is 0 Å². The Morgan fingerprint density at radius 3 is 2.80 bits per heavy atom. The van der Waals surface area contributed by atoms with E-state index in [0.29, 0.717) is 13.0 Å². The Hall–Kier alpha value is -2.60. The van der Waals surface area contributed by atoms with E-state index >= 15 is 0 Å². The predicted molar refractivity (Wildman–Crippen MR) is 96.6 cm³/mol. The molecule has 25 heavy (non-hydrogen) atoms. The highest BCUT2D eigenvalue weighted by Crippen LogP contribution is 2.44. The maximum Gasteiger partial charge on any atom is 0.328 e. The van der Waals surface area contributed by atoms with Gasteiger partial charge in [0.05, 0.1) is 0 Å². The molecule has 126 valence electrons. The number of hydrogen-bond acceptors (Lipinski definition) is 3. The molecule has 5 rings (SSSR count). The number of aromatic amines is 1. The van der Waals surface area contributed by atoms with Gasteiger partial charge in [-0.3, -0.25) is 14.6 Å². The standard InChI is InChI=1S/C19H17N3O2S/c1-2-21-18(23)14-10-12-11-6-3-4-7-13(11)20-16(12)17(22(14)19(21)24)15-8-5-9-25-15/h3-9,14,17,20H,2,10H2,1H3. The first-order valence-corrected chi connectivity index (χ1v) is 9.35. The number of carbonyl (C=O) groups excluding carboxylic acids is 2. The van der Waals surface area contributed by atoms with E-state index in [1.807, 2.05) is 42.6 Å². The molecular weight excluding hydrogens is 334 g/mol. The SMILES string of the molecule is CCN1C(=O)C2Cc3c([nH]c4ccccc34)C(c3cccs3)N2C1=O. The molecule has 1 N–H and O–H groups in total. The molecule has 0 radical (unpaired) electrons. The number of imide groups is 1. The Balaban J connectivity index is 1.76. The molecule has 2 aliphatic rings. The number of thiophene rings is 1. The maximum absolute atomic E-state index is 12.9. The van der Waals surface area contributed by atoms with Crippen LogP contribution in [0.15, 0.2) is 41.8 Å². The molecule has 6 heteroatoms. The van der Waals surface area contributed by atoms with E-state index < -0.39 is 6.04 Å². The highest BCUT2D eigenvalue weighted by molar-refractivity contribution is 7.10. The van der Waals surface area contributed by atoms with E-state index in [4.69, 9.17) is 0 Å². The molecule has 1 fully saturated rings. The highest BCUT2D eigenvalue weighted by Gasteiger charge is 2.52. The van der Waals surface area contributed by atoms with Gasteiger partial charge in [0.15, 0.2) is 0 Å². The highest BCUT2D eigenvalue weighted by atomic mass is 32.1. The Morgan fingerprint density at radius 1 is 1.20 bits per heavy atom. The number of amides is 3. The van der Waals surface area contributed by atoms with Crippen LogP contribution < -0.4 is 0 Å². The average molecular weight is 351 g/mol. The van der Waals surface area contributed by atoms with Gasteiger partial charge < -0.3 is 4.98 Å². The van der Waals surface area contributed by atoms with Crippen LogP contribution >= 0.6 is 11.3 Å². The summed E-state index contributed by atoms with van der Waals surface area (Å²) in [6.07, 6.45) is 0.572. The Kier molecular flexibility index (Phi) is 3.06. The van der Waals surface area contributed by atoms with Crippen molar-refractivity contribution in [3.05, 3.63) is 57.9 Å². The van der Waals surface area contributed by atoms with Gasteiger partial charge in [0, 0.05) is 34.4 Å². The van der Waals surface area contributed by atoms with Crippen molar-refractivity contribution >= 4 is 34.2 Å². The number of carbonyl (C=O) groups is 2. The summed E-state index contributed by atoms with van der Waals surface area (Å²) >= 11 is 1.62. The number of likely N-dealkylation sites (N-methyl/N-ethyl adjacent to an activating group) is 1. The molecule has 0 saturated carbocycles. The van der Waals surface area contributed by atoms with Gasteiger partial charge in [-0.15, -0.1) is 11.3 Å². The molecule has 1 aromatic carbocycles. The molecule has 2 unspecified atom stereocenters. The van der Waals surface area contributed by atoms with E-state index in [1.54, 1.807) is 16.2 Å². The van der Waals surface area contributed by atoms with Gasteiger partial charge in [0.25, 0.3) is 5.91 Å². The van der Waals surface area contributed by atoms with E-state index in [-0.39, 0.29) is 18.0 Å². The molecule has 3 amide bonds. The zero-order valence-corrected chi connectivity index (χ0v) is 14.5. The summed E-state index contributed by atoms with van der Waals surface area (Å²) in [4.78, 5) is 33.5. The largest absolute Gasteiger partial charge is 0.356 e. The number of para-hydroxylation sites is 1. The fourth-order valence-corrected chi connectivity index (χ4v) is 5.00. The molecule has 0 spiro atoms. The zero-order valence-electron chi connectivity index (χ0n) is 13.7. The second-order valence-electron chi connectivity index (χ2n) is 6.47. The third-order valence-electron chi connectivity index (χ3n) is 5.26. The summed E-state index contributed by atoms with van der Waals surface area (Å²) in [5.41, 5.74) is 3.26. The van der Waals surface area contributed by atoms with Gasteiger partial charge in [-0.1, -0.05) is 24.3 Å². The van der Waals surface area contributed by atoms with Gasteiger partial charge in [-0.05, 0) is 30.0 Å². The number of nitrogens with one attached hydrogen (secondary N) is 1. The Labute approximate surface area is 148 Å². The first kappa shape index (κ1) is 14.7. The maximum atomic E-state index is 12.9. The summed E-state index contributed by atoms with van der Waals surface area (Å²) < 4.78 is 0. The average Bonchev–Trinajstić information content (AvgIpc) is 3.32. The van der Waals surface area contributed by atoms with E-state index in [9.17, 15) is 9.59 Å².